The second-order valence-corrected chi connectivity index (χ2v) is 13.6. The van der Waals surface area contributed by atoms with E-state index in [-0.39, 0.29) is 5.54 Å². The normalized spacial score (nSPS) is 36.0. The van der Waals surface area contributed by atoms with E-state index in [1.807, 2.05) is 0 Å². The molecular weight excluding hydrogens is 284 g/mol. The third-order valence-corrected chi connectivity index (χ3v) is 9.73. The Labute approximate surface area is 138 Å². The predicted molar refractivity (Wildman–Crippen MR) is 98.6 cm³/mol. The molecule has 2 nitrogen and oxygen atoms in total. The summed E-state index contributed by atoms with van der Waals surface area (Å²) in [6.07, 6.45) is 13.8. The fourth-order valence-corrected chi connectivity index (χ4v) is 9.55. The van der Waals surface area contributed by atoms with Gasteiger partial charge in [-0.25, -0.2) is 0 Å². The Hall–Kier alpha value is -0.383. The highest BCUT2D eigenvalue weighted by molar-refractivity contribution is 6.76. The fraction of sp³-hybridized carbons (Fsp3) is 0.789. The summed E-state index contributed by atoms with van der Waals surface area (Å²) < 4.78 is 0. The second-order valence-electron chi connectivity index (χ2n) is 9.17. The summed E-state index contributed by atoms with van der Waals surface area (Å²) in [4.78, 5) is 6.84. The summed E-state index contributed by atoms with van der Waals surface area (Å²) in [6.45, 7) is 14.7. The number of rotatable bonds is 3. The molecule has 1 saturated heterocycles. The number of allylic oxidation sites excluding steroid dienone is 3. The lowest BCUT2D eigenvalue weighted by Gasteiger charge is -2.40. The van der Waals surface area contributed by atoms with Crippen molar-refractivity contribution >= 4 is 8.24 Å². The van der Waals surface area contributed by atoms with Crippen LogP contribution in [0.25, 0.3) is 0 Å². The van der Waals surface area contributed by atoms with Gasteiger partial charge in [0.2, 0.25) is 0 Å². The first-order valence-electron chi connectivity index (χ1n) is 9.16. The van der Waals surface area contributed by atoms with Crippen molar-refractivity contribution in [2.75, 3.05) is 13.1 Å². The zero-order chi connectivity index (χ0) is 16.0. The molecular formula is C19H34N2Si. The molecule has 0 bridgehead atoms. The minimum Gasteiger partial charge on any atom is -0.332 e. The van der Waals surface area contributed by atoms with Gasteiger partial charge in [0, 0.05) is 11.6 Å². The minimum atomic E-state index is -1.47. The van der Waals surface area contributed by atoms with Gasteiger partial charge >= 0.3 is 0 Å². The van der Waals surface area contributed by atoms with Crippen LogP contribution in [0.1, 0.15) is 40.0 Å². The zero-order valence-corrected chi connectivity index (χ0v) is 16.1. The smallest absolute Gasteiger partial charge is 0.123 e. The quantitative estimate of drug-likeness (QED) is 0.786. The molecule has 3 aliphatic rings. The summed E-state index contributed by atoms with van der Waals surface area (Å²) in [7, 11) is -1.47. The average molecular weight is 319 g/mol. The molecule has 1 aliphatic heterocycles. The predicted octanol–water partition coefficient (Wildman–Crippen LogP) is 4.18. The first-order chi connectivity index (χ1) is 10.3. The van der Waals surface area contributed by atoms with E-state index in [1.165, 1.54) is 32.4 Å². The third kappa shape index (κ3) is 3.27. The number of nitrogens with one attached hydrogen (secondary N) is 1. The Morgan fingerprint density at radius 3 is 2.18 bits per heavy atom. The number of fused-ring (bicyclic) bond motifs is 1. The Morgan fingerprint density at radius 1 is 1.00 bits per heavy atom. The standard InChI is InChI=1S/C19H34N2Si/c1-19(2,3)20-22(4,5)18-14-17(21-12-8-9-13-21)15-10-6-7-11-16(15)18/h6-7,10-11,15-18,20H,8-9,12-14H2,1-5H3. The van der Waals surface area contributed by atoms with Crippen molar-refractivity contribution in [1.82, 2.24) is 9.88 Å². The Bertz CT molecular complexity index is 455. The van der Waals surface area contributed by atoms with Crippen LogP contribution < -0.4 is 4.98 Å². The average Bonchev–Trinajstić information content (AvgIpc) is 3.02. The van der Waals surface area contributed by atoms with Gasteiger partial charge in [-0.2, -0.15) is 0 Å². The zero-order valence-electron chi connectivity index (χ0n) is 15.1. The Kier molecular flexibility index (Phi) is 4.43. The molecule has 124 valence electrons. The molecule has 3 heteroatoms. The first-order valence-corrected chi connectivity index (χ1v) is 12.2. The van der Waals surface area contributed by atoms with Crippen molar-refractivity contribution in [1.29, 1.82) is 0 Å². The highest BCUT2D eigenvalue weighted by atomic mass is 28.3. The topological polar surface area (TPSA) is 15.3 Å². The third-order valence-electron chi connectivity index (χ3n) is 5.86. The van der Waals surface area contributed by atoms with Gasteiger partial charge in [-0.05, 0) is 70.5 Å². The van der Waals surface area contributed by atoms with Crippen molar-refractivity contribution in [3.8, 4) is 0 Å². The lowest BCUT2D eigenvalue weighted by molar-refractivity contribution is 0.210. The van der Waals surface area contributed by atoms with Crippen LogP contribution in [0.5, 0.6) is 0 Å². The molecule has 4 atom stereocenters. The fourth-order valence-electron chi connectivity index (χ4n) is 5.30. The molecule has 22 heavy (non-hydrogen) atoms. The van der Waals surface area contributed by atoms with Gasteiger partial charge in [-0.3, -0.25) is 4.90 Å². The van der Waals surface area contributed by atoms with E-state index >= 15 is 0 Å². The maximum atomic E-state index is 4.04. The summed E-state index contributed by atoms with van der Waals surface area (Å²) in [6, 6.07) is 0.784. The summed E-state index contributed by atoms with van der Waals surface area (Å²) in [5.74, 6) is 1.51. The van der Waals surface area contributed by atoms with Crippen LogP contribution in [0.15, 0.2) is 24.3 Å². The van der Waals surface area contributed by atoms with Gasteiger partial charge in [0.15, 0.2) is 0 Å². The van der Waals surface area contributed by atoms with Gasteiger partial charge in [0.25, 0.3) is 0 Å². The number of likely N-dealkylation sites (tertiary alicyclic amines) is 1. The van der Waals surface area contributed by atoms with Gasteiger partial charge in [-0.15, -0.1) is 0 Å². The summed E-state index contributed by atoms with van der Waals surface area (Å²) in [5, 5.41) is 0. The molecule has 1 heterocycles. The highest BCUT2D eigenvalue weighted by Gasteiger charge is 2.51. The molecule has 4 unspecified atom stereocenters. The van der Waals surface area contributed by atoms with E-state index in [2.05, 4.69) is 68.1 Å². The van der Waals surface area contributed by atoms with E-state index in [0.29, 0.717) is 0 Å². The molecule has 1 N–H and O–H groups in total. The highest BCUT2D eigenvalue weighted by Crippen LogP contribution is 2.51. The Balaban J connectivity index is 1.82. The van der Waals surface area contributed by atoms with E-state index in [1.54, 1.807) is 0 Å². The van der Waals surface area contributed by atoms with Crippen molar-refractivity contribution in [3.05, 3.63) is 24.3 Å². The van der Waals surface area contributed by atoms with E-state index in [0.717, 1.165) is 23.4 Å². The van der Waals surface area contributed by atoms with E-state index < -0.39 is 8.24 Å². The monoisotopic (exact) mass is 318 g/mol. The van der Waals surface area contributed by atoms with Crippen LogP contribution >= 0.6 is 0 Å². The van der Waals surface area contributed by atoms with Gasteiger partial charge in [0.1, 0.15) is 8.24 Å². The maximum absolute atomic E-state index is 4.04. The van der Waals surface area contributed by atoms with Crippen molar-refractivity contribution in [2.24, 2.45) is 11.8 Å². The number of nitrogens with zero attached hydrogens (tertiary/aromatic N) is 1. The molecule has 0 aromatic carbocycles. The van der Waals surface area contributed by atoms with Crippen molar-refractivity contribution in [2.45, 2.75) is 70.2 Å². The van der Waals surface area contributed by atoms with Crippen molar-refractivity contribution < 1.29 is 0 Å². The van der Waals surface area contributed by atoms with Crippen LogP contribution in [0.2, 0.25) is 18.6 Å². The van der Waals surface area contributed by atoms with Gasteiger partial charge in [-0.1, -0.05) is 37.4 Å². The summed E-state index contributed by atoms with van der Waals surface area (Å²) >= 11 is 0. The van der Waals surface area contributed by atoms with Crippen LogP contribution in [0.3, 0.4) is 0 Å². The molecule has 2 aliphatic carbocycles. The lowest BCUT2D eigenvalue weighted by Crippen LogP contribution is -2.57. The van der Waals surface area contributed by atoms with Crippen LogP contribution in [-0.2, 0) is 0 Å². The van der Waals surface area contributed by atoms with Gasteiger partial charge < -0.3 is 4.98 Å². The van der Waals surface area contributed by atoms with Crippen LogP contribution in [-0.4, -0.2) is 37.8 Å². The van der Waals surface area contributed by atoms with Crippen LogP contribution in [0.4, 0.5) is 0 Å². The lowest BCUT2D eigenvalue weighted by atomic mass is 9.89. The first kappa shape index (κ1) is 16.5. The number of hydrogen-bond donors (Lipinski definition) is 1. The molecule has 0 aromatic heterocycles. The Morgan fingerprint density at radius 2 is 1.59 bits per heavy atom. The van der Waals surface area contributed by atoms with Gasteiger partial charge in [0.05, 0.1) is 0 Å². The molecule has 0 amide bonds. The van der Waals surface area contributed by atoms with E-state index in [9.17, 15) is 0 Å². The maximum Gasteiger partial charge on any atom is 0.123 e. The van der Waals surface area contributed by atoms with E-state index in [4.69, 9.17) is 0 Å². The van der Waals surface area contributed by atoms with Crippen LogP contribution in [0, 0.1) is 11.8 Å². The second kappa shape index (κ2) is 5.92. The van der Waals surface area contributed by atoms with Crippen molar-refractivity contribution in [3.63, 3.8) is 0 Å². The summed E-state index contributed by atoms with van der Waals surface area (Å²) in [5.41, 5.74) is 1.08. The number of hydrogen-bond acceptors (Lipinski definition) is 2. The molecule has 0 radical (unpaired) electrons. The SMILES string of the molecule is CC(C)(C)N[Si](C)(C)C1CC(N2CCCC2)C2C=CC=CC21. The molecule has 0 aromatic rings. The minimum absolute atomic E-state index is 0.227. The largest absolute Gasteiger partial charge is 0.332 e. The molecule has 1 saturated carbocycles. The molecule has 2 fully saturated rings. The molecule has 3 rings (SSSR count). The molecule has 0 spiro atoms.